The number of halogens is 2. The summed E-state index contributed by atoms with van der Waals surface area (Å²) >= 11 is 5.95. The molecule has 0 radical (unpaired) electrons. The van der Waals surface area contributed by atoms with E-state index in [1.165, 1.54) is 18.2 Å². The smallest absolute Gasteiger partial charge is 0.251 e. The van der Waals surface area contributed by atoms with Gasteiger partial charge >= 0.3 is 0 Å². The molecule has 26 heavy (non-hydrogen) atoms. The van der Waals surface area contributed by atoms with Gasteiger partial charge < -0.3 is 4.90 Å². The van der Waals surface area contributed by atoms with Crippen LogP contribution in [0.1, 0.15) is 11.1 Å². The molecule has 0 aliphatic rings. The predicted octanol–water partition coefficient (Wildman–Crippen LogP) is 5.12. The minimum Gasteiger partial charge on any atom is -0.304 e. The van der Waals surface area contributed by atoms with Crippen LogP contribution in [-0.4, -0.2) is 10.9 Å². The van der Waals surface area contributed by atoms with Gasteiger partial charge in [-0.2, -0.15) is 0 Å². The van der Waals surface area contributed by atoms with Gasteiger partial charge in [0.05, 0.1) is 6.54 Å². The standard InChI is InChI=1S/C21H16ClFN2O/c22-18-7-9-20(10-8-18)25(15-17-4-2-12-24-14-17)21(26)11-6-16-3-1-5-19(23)13-16/h1-14H,15H2/b11-6+. The average Bonchev–Trinajstić information content (AvgIpc) is 2.66. The van der Waals surface area contributed by atoms with Gasteiger partial charge in [-0.3, -0.25) is 9.78 Å². The fraction of sp³-hybridized carbons (Fsp3) is 0.0476. The molecular weight excluding hydrogens is 351 g/mol. The summed E-state index contributed by atoms with van der Waals surface area (Å²) < 4.78 is 13.3. The second-order valence-corrected chi connectivity index (χ2v) is 6.09. The number of aromatic nitrogens is 1. The average molecular weight is 367 g/mol. The van der Waals surface area contributed by atoms with Crippen LogP contribution in [0.3, 0.4) is 0 Å². The Morgan fingerprint density at radius 1 is 1.12 bits per heavy atom. The molecule has 0 atom stereocenters. The van der Waals surface area contributed by atoms with Crippen LogP contribution in [0.15, 0.2) is 79.1 Å². The second kappa shape index (κ2) is 8.41. The van der Waals surface area contributed by atoms with E-state index in [2.05, 4.69) is 4.98 Å². The summed E-state index contributed by atoms with van der Waals surface area (Å²) in [4.78, 5) is 18.5. The van der Waals surface area contributed by atoms with E-state index in [9.17, 15) is 9.18 Å². The van der Waals surface area contributed by atoms with Crippen LogP contribution in [-0.2, 0) is 11.3 Å². The van der Waals surface area contributed by atoms with E-state index in [1.54, 1.807) is 59.8 Å². The molecule has 0 saturated carbocycles. The number of carbonyl (C=O) groups excluding carboxylic acids is 1. The van der Waals surface area contributed by atoms with Crippen LogP contribution in [0.5, 0.6) is 0 Å². The Hall–Kier alpha value is -2.98. The van der Waals surface area contributed by atoms with Gasteiger partial charge in [0, 0.05) is 29.2 Å². The molecule has 0 aliphatic carbocycles. The first-order valence-corrected chi connectivity index (χ1v) is 8.39. The molecule has 3 nitrogen and oxygen atoms in total. The number of amides is 1. The maximum absolute atomic E-state index is 13.3. The summed E-state index contributed by atoms with van der Waals surface area (Å²) in [6.07, 6.45) is 6.42. The highest BCUT2D eigenvalue weighted by molar-refractivity contribution is 6.30. The third-order valence-electron chi connectivity index (χ3n) is 3.73. The van der Waals surface area contributed by atoms with Crippen LogP contribution in [0, 0.1) is 5.82 Å². The molecular formula is C21H16ClFN2O. The third kappa shape index (κ3) is 4.77. The van der Waals surface area contributed by atoms with E-state index in [0.29, 0.717) is 22.8 Å². The van der Waals surface area contributed by atoms with Gasteiger partial charge in [0.2, 0.25) is 0 Å². The summed E-state index contributed by atoms with van der Waals surface area (Å²) in [5.41, 5.74) is 2.23. The lowest BCUT2D eigenvalue weighted by Gasteiger charge is -2.21. The highest BCUT2D eigenvalue weighted by atomic mass is 35.5. The SMILES string of the molecule is O=C(/C=C/c1cccc(F)c1)N(Cc1cccnc1)c1ccc(Cl)cc1. The van der Waals surface area contributed by atoms with Crippen LogP contribution >= 0.6 is 11.6 Å². The molecule has 130 valence electrons. The lowest BCUT2D eigenvalue weighted by atomic mass is 10.2. The lowest BCUT2D eigenvalue weighted by Crippen LogP contribution is -2.28. The number of nitrogens with zero attached hydrogens (tertiary/aromatic N) is 2. The molecule has 1 aromatic heterocycles. The Bertz CT molecular complexity index is 911. The van der Waals surface area contributed by atoms with Crippen molar-refractivity contribution in [3.8, 4) is 0 Å². The third-order valence-corrected chi connectivity index (χ3v) is 3.99. The fourth-order valence-corrected chi connectivity index (χ4v) is 2.59. The number of hydrogen-bond donors (Lipinski definition) is 0. The van der Waals surface area contributed by atoms with Crippen LogP contribution in [0.4, 0.5) is 10.1 Å². The minimum absolute atomic E-state index is 0.222. The molecule has 0 unspecified atom stereocenters. The van der Waals surface area contributed by atoms with E-state index in [1.807, 2.05) is 12.1 Å². The Balaban J connectivity index is 1.86. The van der Waals surface area contributed by atoms with Gasteiger partial charge in [0.1, 0.15) is 5.82 Å². The highest BCUT2D eigenvalue weighted by Gasteiger charge is 2.14. The van der Waals surface area contributed by atoms with Gasteiger partial charge in [-0.15, -0.1) is 0 Å². The maximum atomic E-state index is 13.3. The molecule has 1 heterocycles. The first-order chi connectivity index (χ1) is 12.6. The zero-order chi connectivity index (χ0) is 18.4. The van der Waals surface area contributed by atoms with Crippen molar-refractivity contribution in [3.63, 3.8) is 0 Å². The van der Waals surface area contributed by atoms with Crippen molar-refractivity contribution in [1.29, 1.82) is 0 Å². The van der Waals surface area contributed by atoms with Gasteiger partial charge in [0.15, 0.2) is 0 Å². The van der Waals surface area contributed by atoms with Crippen molar-refractivity contribution < 1.29 is 9.18 Å². The zero-order valence-corrected chi connectivity index (χ0v) is 14.6. The summed E-state index contributed by atoms with van der Waals surface area (Å²) in [6.45, 7) is 0.363. The first-order valence-electron chi connectivity index (χ1n) is 8.01. The molecule has 0 saturated heterocycles. The van der Waals surface area contributed by atoms with E-state index in [0.717, 1.165) is 5.56 Å². The molecule has 3 rings (SSSR count). The van der Waals surface area contributed by atoms with E-state index in [4.69, 9.17) is 11.6 Å². The Morgan fingerprint density at radius 3 is 2.62 bits per heavy atom. The van der Waals surface area contributed by atoms with Crippen molar-refractivity contribution >= 4 is 29.3 Å². The summed E-state index contributed by atoms with van der Waals surface area (Å²) in [6, 6.07) is 16.8. The highest BCUT2D eigenvalue weighted by Crippen LogP contribution is 2.21. The lowest BCUT2D eigenvalue weighted by molar-refractivity contribution is -0.114. The monoisotopic (exact) mass is 366 g/mol. The molecule has 3 aromatic rings. The minimum atomic E-state index is -0.343. The number of carbonyl (C=O) groups is 1. The Labute approximate surface area is 156 Å². The van der Waals surface area contributed by atoms with Gasteiger partial charge in [0.25, 0.3) is 5.91 Å². The summed E-state index contributed by atoms with van der Waals surface area (Å²) in [5, 5.41) is 0.595. The normalized spacial score (nSPS) is 10.8. The number of hydrogen-bond acceptors (Lipinski definition) is 2. The van der Waals surface area contributed by atoms with Crippen LogP contribution in [0.2, 0.25) is 5.02 Å². The van der Waals surface area contributed by atoms with Crippen molar-refractivity contribution in [2.24, 2.45) is 0 Å². The fourth-order valence-electron chi connectivity index (χ4n) is 2.46. The molecule has 2 aromatic carbocycles. The van der Waals surface area contributed by atoms with Gasteiger partial charge in [-0.1, -0.05) is 29.8 Å². The van der Waals surface area contributed by atoms with Gasteiger partial charge in [-0.05, 0) is 59.7 Å². The van der Waals surface area contributed by atoms with E-state index in [-0.39, 0.29) is 11.7 Å². The molecule has 5 heteroatoms. The van der Waals surface area contributed by atoms with Crippen molar-refractivity contribution in [2.75, 3.05) is 4.90 Å². The molecule has 0 spiro atoms. The molecule has 0 aliphatic heterocycles. The van der Waals surface area contributed by atoms with Gasteiger partial charge in [-0.25, -0.2) is 4.39 Å². The Kier molecular flexibility index (Phi) is 5.77. The van der Waals surface area contributed by atoms with Crippen molar-refractivity contribution in [1.82, 2.24) is 4.98 Å². The number of benzene rings is 2. The van der Waals surface area contributed by atoms with E-state index >= 15 is 0 Å². The summed E-state index contributed by atoms with van der Waals surface area (Å²) in [5.74, 6) is -0.565. The number of anilines is 1. The largest absolute Gasteiger partial charge is 0.304 e. The summed E-state index contributed by atoms with van der Waals surface area (Å²) in [7, 11) is 0. The topological polar surface area (TPSA) is 33.2 Å². The molecule has 0 fully saturated rings. The zero-order valence-electron chi connectivity index (χ0n) is 13.8. The quantitative estimate of drug-likeness (QED) is 0.587. The second-order valence-electron chi connectivity index (χ2n) is 5.65. The van der Waals surface area contributed by atoms with Crippen molar-refractivity contribution in [3.05, 3.63) is 101 Å². The van der Waals surface area contributed by atoms with E-state index < -0.39 is 0 Å². The first kappa shape index (κ1) is 17.8. The predicted molar refractivity (Wildman–Crippen MR) is 102 cm³/mol. The number of pyridine rings is 1. The van der Waals surface area contributed by atoms with Crippen molar-refractivity contribution in [2.45, 2.75) is 6.54 Å². The molecule has 1 amide bonds. The van der Waals surface area contributed by atoms with Crippen LogP contribution in [0.25, 0.3) is 6.08 Å². The number of rotatable bonds is 5. The molecule has 0 N–H and O–H groups in total. The molecule has 0 bridgehead atoms. The Morgan fingerprint density at radius 2 is 1.92 bits per heavy atom. The maximum Gasteiger partial charge on any atom is 0.251 e. The van der Waals surface area contributed by atoms with Crippen LogP contribution < -0.4 is 4.90 Å².